The lowest BCUT2D eigenvalue weighted by atomic mass is 10.2. The van der Waals surface area contributed by atoms with Crippen LogP contribution in [0.5, 0.6) is 0 Å². The monoisotopic (exact) mass is 341 g/mol. The van der Waals surface area contributed by atoms with Gasteiger partial charge in [-0.15, -0.1) is 0 Å². The summed E-state index contributed by atoms with van der Waals surface area (Å²) in [5.74, 6) is -0.579. The molecular formula is C17H22F3N3O. The predicted octanol–water partition coefficient (Wildman–Crippen LogP) is 2.00. The van der Waals surface area contributed by atoms with E-state index in [2.05, 4.69) is 17.1 Å². The van der Waals surface area contributed by atoms with Crippen molar-refractivity contribution in [3.8, 4) is 0 Å². The number of halogens is 3. The molecule has 1 N–H and O–H groups in total. The Bertz CT molecular complexity index is 538. The van der Waals surface area contributed by atoms with E-state index in [4.69, 9.17) is 0 Å². The highest BCUT2D eigenvalue weighted by Crippen LogP contribution is 2.12. The molecule has 0 spiro atoms. The number of carbonyl (C=O) groups is 1. The molecule has 0 atom stereocenters. The number of rotatable bonds is 6. The van der Waals surface area contributed by atoms with E-state index in [1.165, 1.54) is 0 Å². The van der Waals surface area contributed by atoms with Crippen LogP contribution >= 0.6 is 0 Å². The molecule has 1 aliphatic heterocycles. The number of alkyl halides is 3. The number of carbonyl (C=O) groups excluding carboxylic acids is 1. The van der Waals surface area contributed by atoms with Gasteiger partial charge in [0.2, 0.25) is 5.91 Å². The predicted molar refractivity (Wildman–Crippen MR) is 87.4 cm³/mol. The number of nitrogens with zero attached hydrogens (tertiary/aromatic N) is 2. The third-order valence-electron chi connectivity index (χ3n) is 3.79. The SMILES string of the molecule is O=C(CN1CCN(CC=Cc2ccccc2)CC1)NCC(F)(F)F. The van der Waals surface area contributed by atoms with Crippen molar-refractivity contribution in [3.63, 3.8) is 0 Å². The molecule has 0 unspecified atom stereocenters. The highest BCUT2D eigenvalue weighted by molar-refractivity contribution is 5.78. The van der Waals surface area contributed by atoms with Gasteiger partial charge in [0.1, 0.15) is 6.54 Å². The van der Waals surface area contributed by atoms with Crippen LogP contribution in [0, 0.1) is 0 Å². The lowest BCUT2D eigenvalue weighted by Crippen LogP contribution is -2.50. The molecule has 1 aromatic rings. The average Bonchev–Trinajstić information content (AvgIpc) is 2.55. The van der Waals surface area contributed by atoms with Gasteiger partial charge in [-0.05, 0) is 5.56 Å². The lowest BCUT2D eigenvalue weighted by Gasteiger charge is -2.33. The fourth-order valence-corrected chi connectivity index (χ4v) is 2.49. The first-order chi connectivity index (χ1) is 11.4. The van der Waals surface area contributed by atoms with Gasteiger partial charge in [0, 0.05) is 32.7 Å². The third kappa shape index (κ3) is 7.14. The zero-order chi connectivity index (χ0) is 17.4. The Labute approximate surface area is 139 Å². The smallest absolute Gasteiger partial charge is 0.346 e. The molecule has 0 radical (unpaired) electrons. The molecule has 1 amide bonds. The average molecular weight is 341 g/mol. The Morgan fingerprint density at radius 1 is 1.08 bits per heavy atom. The largest absolute Gasteiger partial charge is 0.405 e. The molecule has 1 heterocycles. The van der Waals surface area contributed by atoms with Crippen LogP contribution in [-0.2, 0) is 4.79 Å². The van der Waals surface area contributed by atoms with E-state index in [9.17, 15) is 18.0 Å². The van der Waals surface area contributed by atoms with Crippen LogP contribution in [0.3, 0.4) is 0 Å². The topological polar surface area (TPSA) is 35.6 Å². The summed E-state index contributed by atoms with van der Waals surface area (Å²) in [6.07, 6.45) is -0.197. The molecule has 0 bridgehead atoms. The van der Waals surface area contributed by atoms with E-state index in [1.807, 2.05) is 40.5 Å². The molecule has 0 aromatic heterocycles. The van der Waals surface area contributed by atoms with Gasteiger partial charge in [0.25, 0.3) is 0 Å². The zero-order valence-electron chi connectivity index (χ0n) is 13.4. The summed E-state index contributed by atoms with van der Waals surface area (Å²) < 4.78 is 36.1. The maximum Gasteiger partial charge on any atom is 0.405 e. The highest BCUT2D eigenvalue weighted by atomic mass is 19.4. The molecule has 1 aromatic carbocycles. The summed E-state index contributed by atoms with van der Waals surface area (Å²) in [7, 11) is 0. The molecule has 132 valence electrons. The van der Waals surface area contributed by atoms with Crippen LogP contribution in [-0.4, -0.2) is 67.7 Å². The van der Waals surface area contributed by atoms with E-state index >= 15 is 0 Å². The first-order valence-electron chi connectivity index (χ1n) is 7.92. The van der Waals surface area contributed by atoms with Gasteiger partial charge in [0.15, 0.2) is 0 Å². The summed E-state index contributed by atoms with van der Waals surface area (Å²) in [6.45, 7) is 2.53. The van der Waals surface area contributed by atoms with E-state index in [-0.39, 0.29) is 6.54 Å². The van der Waals surface area contributed by atoms with Gasteiger partial charge < -0.3 is 5.32 Å². The van der Waals surface area contributed by atoms with Crippen molar-refractivity contribution in [1.29, 1.82) is 0 Å². The molecule has 1 aliphatic rings. The third-order valence-corrected chi connectivity index (χ3v) is 3.79. The molecule has 0 saturated carbocycles. The maximum absolute atomic E-state index is 12.0. The van der Waals surface area contributed by atoms with Crippen molar-refractivity contribution in [3.05, 3.63) is 42.0 Å². The molecule has 7 heteroatoms. The minimum atomic E-state index is -4.36. The summed E-state index contributed by atoms with van der Waals surface area (Å²) in [4.78, 5) is 15.6. The van der Waals surface area contributed by atoms with Crippen molar-refractivity contribution in [2.45, 2.75) is 6.18 Å². The van der Waals surface area contributed by atoms with Gasteiger partial charge in [-0.25, -0.2) is 0 Å². The van der Waals surface area contributed by atoms with Crippen LogP contribution in [0.1, 0.15) is 5.56 Å². The van der Waals surface area contributed by atoms with Crippen molar-refractivity contribution in [1.82, 2.24) is 15.1 Å². The quantitative estimate of drug-likeness (QED) is 0.860. The molecule has 0 aliphatic carbocycles. The second kappa shape index (κ2) is 8.84. The minimum absolute atomic E-state index is 0.0176. The van der Waals surface area contributed by atoms with E-state index in [1.54, 1.807) is 0 Å². The van der Waals surface area contributed by atoms with Crippen molar-refractivity contribution in [2.75, 3.05) is 45.8 Å². The van der Waals surface area contributed by atoms with E-state index < -0.39 is 18.6 Å². The van der Waals surface area contributed by atoms with Gasteiger partial charge >= 0.3 is 6.18 Å². The van der Waals surface area contributed by atoms with Crippen molar-refractivity contribution >= 4 is 12.0 Å². The number of piperazine rings is 1. The maximum atomic E-state index is 12.0. The van der Waals surface area contributed by atoms with Gasteiger partial charge in [-0.1, -0.05) is 42.5 Å². The van der Waals surface area contributed by atoms with Gasteiger partial charge in [-0.3, -0.25) is 14.6 Å². The molecule has 24 heavy (non-hydrogen) atoms. The number of benzene rings is 1. The Kier molecular flexibility index (Phi) is 6.81. The summed E-state index contributed by atoms with van der Waals surface area (Å²) in [6, 6.07) is 10.0. The number of hydrogen-bond donors (Lipinski definition) is 1. The minimum Gasteiger partial charge on any atom is -0.346 e. The van der Waals surface area contributed by atoms with Gasteiger partial charge in [0.05, 0.1) is 6.54 Å². The molecule has 1 fully saturated rings. The Balaban J connectivity index is 1.64. The summed E-state index contributed by atoms with van der Waals surface area (Å²) in [5, 5.41) is 1.90. The standard InChI is InChI=1S/C17H22F3N3O/c18-17(19,20)14-21-16(24)13-23-11-9-22(10-12-23)8-4-7-15-5-2-1-3-6-15/h1-7H,8-14H2,(H,21,24). The molecule has 2 rings (SSSR count). The first-order valence-corrected chi connectivity index (χ1v) is 7.92. The summed E-state index contributed by atoms with van der Waals surface area (Å²) >= 11 is 0. The lowest BCUT2D eigenvalue weighted by molar-refractivity contribution is -0.139. The zero-order valence-corrected chi connectivity index (χ0v) is 13.4. The van der Waals surface area contributed by atoms with E-state index in [0.29, 0.717) is 13.1 Å². The molecular weight excluding hydrogens is 319 g/mol. The number of amides is 1. The second-order valence-corrected chi connectivity index (χ2v) is 5.78. The Morgan fingerprint density at radius 2 is 1.71 bits per heavy atom. The molecule has 1 saturated heterocycles. The fraction of sp³-hybridized carbons (Fsp3) is 0.471. The van der Waals surface area contributed by atoms with Crippen LogP contribution in [0.2, 0.25) is 0 Å². The molecule has 4 nitrogen and oxygen atoms in total. The number of hydrogen-bond acceptors (Lipinski definition) is 3. The van der Waals surface area contributed by atoms with Crippen molar-refractivity contribution in [2.24, 2.45) is 0 Å². The van der Waals surface area contributed by atoms with Crippen LogP contribution in [0.25, 0.3) is 6.08 Å². The Morgan fingerprint density at radius 3 is 2.33 bits per heavy atom. The first kappa shape index (κ1) is 18.5. The van der Waals surface area contributed by atoms with Gasteiger partial charge in [-0.2, -0.15) is 13.2 Å². The van der Waals surface area contributed by atoms with Crippen LogP contribution in [0.15, 0.2) is 36.4 Å². The van der Waals surface area contributed by atoms with E-state index in [0.717, 1.165) is 25.2 Å². The Hall–Kier alpha value is -1.86. The fourth-order valence-electron chi connectivity index (χ4n) is 2.49. The number of nitrogens with one attached hydrogen (secondary N) is 1. The second-order valence-electron chi connectivity index (χ2n) is 5.78. The normalized spacial score (nSPS) is 17.3. The van der Waals surface area contributed by atoms with Crippen LogP contribution in [0.4, 0.5) is 13.2 Å². The highest BCUT2D eigenvalue weighted by Gasteiger charge is 2.28. The van der Waals surface area contributed by atoms with Crippen molar-refractivity contribution < 1.29 is 18.0 Å². The van der Waals surface area contributed by atoms with Crippen LogP contribution < -0.4 is 5.32 Å². The summed E-state index contributed by atoms with van der Waals surface area (Å²) in [5.41, 5.74) is 1.15.